The zero-order valence-corrected chi connectivity index (χ0v) is 11.4. The minimum absolute atomic E-state index is 0.00245. The van der Waals surface area contributed by atoms with Crippen LogP contribution in [-0.2, 0) is 14.8 Å². The Morgan fingerprint density at radius 1 is 1.42 bits per heavy atom. The largest absolute Gasteiger partial charge is 0.399 e. The van der Waals surface area contributed by atoms with Crippen LogP contribution in [0.4, 0.5) is 11.4 Å². The van der Waals surface area contributed by atoms with Crippen molar-refractivity contribution in [3.05, 3.63) is 18.2 Å². The zero-order valence-electron chi connectivity index (χ0n) is 10.6. The minimum Gasteiger partial charge on any atom is -0.399 e. The van der Waals surface area contributed by atoms with Crippen molar-refractivity contribution in [3.8, 4) is 0 Å². The van der Waals surface area contributed by atoms with Crippen molar-refractivity contribution in [1.82, 2.24) is 4.90 Å². The number of carbonyl (C=O) groups is 1. The zero-order chi connectivity index (χ0) is 14.2. The molecule has 0 fully saturated rings. The first-order valence-corrected chi connectivity index (χ1v) is 6.92. The van der Waals surface area contributed by atoms with E-state index in [-0.39, 0.29) is 17.3 Å². The monoisotopic (exact) mass is 282 g/mol. The molecule has 1 amide bonds. The van der Waals surface area contributed by atoms with Crippen LogP contribution >= 0.6 is 0 Å². The second-order valence-corrected chi connectivity index (χ2v) is 5.94. The molecule has 1 aromatic carbocycles. The maximum atomic E-state index is 11.8. The normalized spacial score (nSPS) is 16.0. The highest BCUT2D eigenvalue weighted by Gasteiger charge is 2.26. The number of rotatable bonds is 2. The van der Waals surface area contributed by atoms with Crippen LogP contribution < -0.4 is 10.6 Å². The van der Waals surface area contributed by atoms with Gasteiger partial charge in [-0.3, -0.25) is 4.79 Å². The van der Waals surface area contributed by atoms with E-state index in [4.69, 9.17) is 5.73 Å². The van der Waals surface area contributed by atoms with Crippen molar-refractivity contribution in [1.29, 1.82) is 0 Å². The number of carbonyl (C=O) groups excluding carboxylic acids is 1. The van der Waals surface area contributed by atoms with E-state index in [1.54, 1.807) is 14.1 Å². The van der Waals surface area contributed by atoms with Crippen LogP contribution in [0.1, 0.15) is 0 Å². The van der Waals surface area contributed by atoms with Crippen LogP contribution in [-0.4, -0.2) is 46.2 Å². The van der Waals surface area contributed by atoms with Crippen LogP contribution in [0.15, 0.2) is 27.5 Å². The number of sulfonamides is 1. The standard InChI is InChI=1S/C11H14N4O3S/c1-14(2)11(16)6-15-7-13-19(17,18)10-4-3-8(12)5-9(10)15/h3-5,7H,6,12H2,1-2H3. The Morgan fingerprint density at radius 2 is 2.11 bits per heavy atom. The minimum atomic E-state index is -3.70. The quantitative estimate of drug-likeness (QED) is 0.764. The van der Waals surface area contributed by atoms with Gasteiger partial charge >= 0.3 is 0 Å². The van der Waals surface area contributed by atoms with Gasteiger partial charge in [0.05, 0.1) is 5.69 Å². The molecular weight excluding hydrogens is 268 g/mol. The first-order chi connectivity index (χ1) is 8.81. The Morgan fingerprint density at radius 3 is 2.74 bits per heavy atom. The fraction of sp³-hybridized carbons (Fsp3) is 0.273. The molecule has 102 valence electrons. The lowest BCUT2D eigenvalue weighted by Gasteiger charge is -2.25. The highest BCUT2D eigenvalue weighted by atomic mass is 32.2. The van der Waals surface area contributed by atoms with Gasteiger partial charge in [-0.15, -0.1) is 4.40 Å². The number of nitrogens with zero attached hydrogens (tertiary/aromatic N) is 3. The average molecular weight is 282 g/mol. The van der Waals surface area contributed by atoms with Crippen molar-refractivity contribution in [3.63, 3.8) is 0 Å². The Hall–Kier alpha value is -2.09. The van der Waals surface area contributed by atoms with E-state index in [0.29, 0.717) is 11.4 Å². The fourth-order valence-corrected chi connectivity index (χ4v) is 2.66. The predicted molar refractivity (Wildman–Crippen MR) is 72.6 cm³/mol. The maximum absolute atomic E-state index is 11.8. The molecule has 19 heavy (non-hydrogen) atoms. The van der Waals surface area contributed by atoms with Crippen molar-refractivity contribution < 1.29 is 13.2 Å². The van der Waals surface area contributed by atoms with Gasteiger partial charge in [-0.2, -0.15) is 8.42 Å². The van der Waals surface area contributed by atoms with Crippen LogP contribution in [0.2, 0.25) is 0 Å². The van der Waals surface area contributed by atoms with Gasteiger partial charge in [0.15, 0.2) is 0 Å². The van der Waals surface area contributed by atoms with E-state index in [9.17, 15) is 13.2 Å². The van der Waals surface area contributed by atoms with Gasteiger partial charge in [-0.25, -0.2) is 0 Å². The van der Waals surface area contributed by atoms with Gasteiger partial charge in [-0.05, 0) is 18.2 Å². The van der Waals surface area contributed by atoms with E-state index < -0.39 is 10.0 Å². The average Bonchev–Trinajstić information content (AvgIpc) is 2.32. The first kappa shape index (κ1) is 13.3. The fourth-order valence-electron chi connectivity index (χ4n) is 1.63. The van der Waals surface area contributed by atoms with Crippen molar-refractivity contribution in [2.24, 2.45) is 4.40 Å². The summed E-state index contributed by atoms with van der Waals surface area (Å²) >= 11 is 0. The number of likely N-dealkylation sites (N-methyl/N-ethyl adjacent to an activating group) is 1. The van der Waals surface area contributed by atoms with Gasteiger partial charge in [0, 0.05) is 19.8 Å². The molecule has 8 heteroatoms. The molecule has 2 N–H and O–H groups in total. The molecule has 0 saturated carbocycles. The summed E-state index contributed by atoms with van der Waals surface area (Å²) in [6.07, 6.45) is 1.14. The van der Waals surface area contributed by atoms with Crippen LogP contribution in [0.5, 0.6) is 0 Å². The lowest BCUT2D eigenvalue weighted by atomic mass is 10.2. The van der Waals surface area contributed by atoms with E-state index >= 15 is 0 Å². The molecule has 0 unspecified atom stereocenters. The maximum Gasteiger partial charge on any atom is 0.285 e. The van der Waals surface area contributed by atoms with Crippen molar-refractivity contribution >= 4 is 33.6 Å². The van der Waals surface area contributed by atoms with Crippen LogP contribution in [0, 0.1) is 0 Å². The summed E-state index contributed by atoms with van der Waals surface area (Å²) in [5, 5.41) is 0. The molecule has 0 spiro atoms. The third kappa shape index (κ3) is 2.53. The first-order valence-electron chi connectivity index (χ1n) is 5.48. The summed E-state index contributed by atoms with van der Waals surface area (Å²) in [6, 6.07) is 4.40. The van der Waals surface area contributed by atoms with E-state index in [1.165, 1.54) is 28.0 Å². The third-order valence-corrected chi connectivity index (χ3v) is 3.97. The molecule has 1 aromatic rings. The molecule has 1 aliphatic rings. The van der Waals surface area contributed by atoms with Crippen molar-refractivity contribution in [2.75, 3.05) is 31.3 Å². The summed E-state index contributed by atoms with van der Waals surface area (Å²) in [7, 11) is -0.450. The summed E-state index contributed by atoms with van der Waals surface area (Å²) in [6.45, 7) is 0.00245. The Kier molecular flexibility index (Phi) is 3.19. The molecule has 1 aliphatic heterocycles. The van der Waals surface area contributed by atoms with Gasteiger partial charge < -0.3 is 15.5 Å². The molecule has 0 atom stereocenters. The van der Waals surface area contributed by atoms with E-state index in [2.05, 4.69) is 4.40 Å². The molecule has 0 bridgehead atoms. The lowest BCUT2D eigenvalue weighted by molar-refractivity contribution is -0.127. The second kappa shape index (κ2) is 4.54. The molecule has 1 heterocycles. The Bertz CT molecular complexity index is 652. The third-order valence-electron chi connectivity index (χ3n) is 2.70. The predicted octanol–water partition coefficient (Wildman–Crippen LogP) is -0.106. The van der Waals surface area contributed by atoms with E-state index in [0.717, 1.165) is 6.34 Å². The molecule has 0 radical (unpaired) electrons. The number of hydrogen-bond donors (Lipinski definition) is 1. The van der Waals surface area contributed by atoms with Gasteiger partial charge in [0.1, 0.15) is 17.8 Å². The number of fused-ring (bicyclic) bond motifs is 1. The number of amides is 1. The topological polar surface area (TPSA) is 96.1 Å². The number of hydrogen-bond acceptors (Lipinski definition) is 5. The summed E-state index contributed by atoms with van der Waals surface area (Å²) in [4.78, 5) is 14.6. The second-order valence-electron chi connectivity index (χ2n) is 4.34. The number of anilines is 2. The molecule has 0 aliphatic carbocycles. The molecule has 0 saturated heterocycles. The van der Waals surface area contributed by atoms with Crippen molar-refractivity contribution in [2.45, 2.75) is 4.90 Å². The smallest absolute Gasteiger partial charge is 0.285 e. The summed E-state index contributed by atoms with van der Waals surface area (Å²) in [5.41, 5.74) is 6.45. The summed E-state index contributed by atoms with van der Waals surface area (Å²) < 4.78 is 27.1. The number of nitrogen functional groups attached to an aromatic ring is 1. The summed E-state index contributed by atoms with van der Waals surface area (Å²) in [5.74, 6) is -0.167. The van der Waals surface area contributed by atoms with Gasteiger partial charge in [-0.1, -0.05) is 0 Å². The number of benzene rings is 1. The van der Waals surface area contributed by atoms with E-state index in [1.807, 2.05) is 0 Å². The number of nitrogens with two attached hydrogens (primary N) is 1. The lowest BCUT2D eigenvalue weighted by Crippen LogP contribution is -2.38. The van der Waals surface area contributed by atoms with Crippen LogP contribution in [0.3, 0.4) is 0 Å². The van der Waals surface area contributed by atoms with Gasteiger partial charge in [0.25, 0.3) is 10.0 Å². The molecule has 7 nitrogen and oxygen atoms in total. The molecule has 2 rings (SSSR count). The van der Waals surface area contributed by atoms with Gasteiger partial charge in [0.2, 0.25) is 5.91 Å². The SMILES string of the molecule is CN(C)C(=O)CN1C=NS(=O)(=O)c2ccc(N)cc21. The highest BCUT2D eigenvalue weighted by molar-refractivity contribution is 7.90. The molecule has 0 aromatic heterocycles. The Balaban J connectivity index is 2.45. The van der Waals surface area contributed by atoms with Crippen LogP contribution in [0.25, 0.3) is 0 Å². The Labute approximate surface area is 111 Å². The highest BCUT2D eigenvalue weighted by Crippen LogP contribution is 2.31. The molecular formula is C11H14N4O3S.